The van der Waals surface area contributed by atoms with Crippen LogP contribution in [0.5, 0.6) is 0 Å². The first-order valence-electron chi connectivity index (χ1n) is 7.73. The topological polar surface area (TPSA) is 75.4 Å². The Morgan fingerprint density at radius 2 is 2.22 bits per heavy atom. The fraction of sp³-hybridized carbons (Fsp3) is 0.412. The second kappa shape index (κ2) is 8.70. The molecule has 2 rings (SSSR count). The monoisotopic (exact) mass is 336 g/mol. The van der Waals surface area contributed by atoms with Gasteiger partial charge in [0.2, 0.25) is 5.91 Å². The highest BCUT2D eigenvalue weighted by Gasteiger charge is 2.13. The fourth-order valence-electron chi connectivity index (χ4n) is 2.27. The van der Waals surface area contributed by atoms with Gasteiger partial charge in [-0.25, -0.2) is 4.98 Å². The molecule has 1 heterocycles. The van der Waals surface area contributed by atoms with E-state index in [9.17, 15) is 4.79 Å². The molecule has 0 radical (unpaired) electrons. The van der Waals surface area contributed by atoms with Crippen molar-refractivity contribution in [2.45, 2.75) is 38.6 Å². The molecular weight excluding hydrogens is 316 g/mol. The second-order valence-corrected chi connectivity index (χ2v) is 5.69. The number of aliphatic hydroxyl groups excluding tert-OH is 1. The van der Waals surface area contributed by atoms with E-state index in [1.807, 2.05) is 25.1 Å². The van der Waals surface area contributed by atoms with Gasteiger partial charge in [0.15, 0.2) is 11.7 Å². The quantitative estimate of drug-likeness (QED) is 0.776. The number of oxazole rings is 1. The van der Waals surface area contributed by atoms with Crippen LogP contribution in [0.15, 0.2) is 34.9 Å². The summed E-state index contributed by atoms with van der Waals surface area (Å²) in [7, 11) is 0. The molecule has 1 aromatic carbocycles. The van der Waals surface area contributed by atoms with Gasteiger partial charge >= 0.3 is 0 Å². The van der Waals surface area contributed by atoms with E-state index in [1.54, 1.807) is 12.3 Å². The van der Waals surface area contributed by atoms with Crippen molar-refractivity contribution in [3.8, 4) is 11.3 Å². The number of hydrogen-bond donors (Lipinski definition) is 2. The zero-order valence-corrected chi connectivity index (χ0v) is 13.8. The Morgan fingerprint density at radius 3 is 2.91 bits per heavy atom. The molecule has 1 aromatic heterocycles. The van der Waals surface area contributed by atoms with Gasteiger partial charge in [0, 0.05) is 31.1 Å². The first-order chi connectivity index (χ1) is 11.1. The third kappa shape index (κ3) is 5.08. The minimum absolute atomic E-state index is 0.00995. The summed E-state index contributed by atoms with van der Waals surface area (Å²) in [6, 6.07) is 7.39. The zero-order chi connectivity index (χ0) is 16.7. The number of rotatable bonds is 8. The summed E-state index contributed by atoms with van der Waals surface area (Å²) in [5.74, 6) is 1.03. The van der Waals surface area contributed by atoms with Gasteiger partial charge in [0.05, 0.1) is 11.2 Å². The van der Waals surface area contributed by atoms with Crippen LogP contribution in [0.3, 0.4) is 0 Å². The van der Waals surface area contributed by atoms with Crippen LogP contribution in [0.4, 0.5) is 0 Å². The van der Waals surface area contributed by atoms with Crippen molar-refractivity contribution >= 4 is 17.5 Å². The molecule has 5 nitrogen and oxygen atoms in total. The SMILES string of the molecule is CCC(CCO)NC(=O)CCc1ncc(-c2ccccc2Cl)o1. The average molecular weight is 337 g/mol. The summed E-state index contributed by atoms with van der Waals surface area (Å²) in [5, 5.41) is 12.4. The van der Waals surface area contributed by atoms with Crippen LogP contribution in [0.1, 0.15) is 32.1 Å². The number of carbonyl (C=O) groups excluding carboxylic acids is 1. The molecule has 1 atom stereocenters. The minimum atomic E-state index is -0.0669. The van der Waals surface area contributed by atoms with Crippen molar-refractivity contribution in [2.75, 3.05) is 6.61 Å². The maximum absolute atomic E-state index is 11.9. The molecule has 0 aliphatic rings. The highest BCUT2D eigenvalue weighted by atomic mass is 35.5. The first-order valence-corrected chi connectivity index (χ1v) is 8.11. The van der Waals surface area contributed by atoms with Gasteiger partial charge in [-0.05, 0) is 25.0 Å². The van der Waals surface area contributed by atoms with Crippen LogP contribution in [0, 0.1) is 0 Å². The Kier molecular flexibility index (Phi) is 6.62. The molecule has 0 aliphatic heterocycles. The highest BCUT2D eigenvalue weighted by molar-refractivity contribution is 6.33. The van der Waals surface area contributed by atoms with E-state index >= 15 is 0 Å². The third-order valence-corrected chi connectivity index (χ3v) is 3.92. The predicted octanol–water partition coefficient (Wildman–Crippen LogP) is 3.20. The smallest absolute Gasteiger partial charge is 0.220 e. The van der Waals surface area contributed by atoms with Gasteiger partial charge in [-0.15, -0.1) is 0 Å². The second-order valence-electron chi connectivity index (χ2n) is 5.28. The number of halogens is 1. The van der Waals surface area contributed by atoms with Gasteiger partial charge < -0.3 is 14.8 Å². The normalized spacial score (nSPS) is 12.1. The number of nitrogens with zero attached hydrogens (tertiary/aromatic N) is 1. The summed E-state index contributed by atoms with van der Waals surface area (Å²) < 4.78 is 5.66. The molecule has 23 heavy (non-hydrogen) atoms. The van der Waals surface area contributed by atoms with Crippen molar-refractivity contribution in [3.05, 3.63) is 41.4 Å². The Bertz CT molecular complexity index is 642. The third-order valence-electron chi connectivity index (χ3n) is 3.59. The van der Waals surface area contributed by atoms with Crippen molar-refractivity contribution in [3.63, 3.8) is 0 Å². The molecular formula is C17H21ClN2O3. The molecule has 0 bridgehead atoms. The lowest BCUT2D eigenvalue weighted by atomic mass is 10.1. The number of aliphatic hydroxyl groups is 1. The number of benzene rings is 1. The Hall–Kier alpha value is -1.85. The van der Waals surface area contributed by atoms with E-state index in [2.05, 4.69) is 10.3 Å². The van der Waals surface area contributed by atoms with E-state index in [0.717, 1.165) is 12.0 Å². The van der Waals surface area contributed by atoms with E-state index in [-0.39, 0.29) is 18.6 Å². The summed E-state index contributed by atoms with van der Waals surface area (Å²) in [6.45, 7) is 2.05. The molecule has 6 heteroatoms. The maximum Gasteiger partial charge on any atom is 0.220 e. The van der Waals surface area contributed by atoms with Gasteiger partial charge in [-0.2, -0.15) is 0 Å². The standard InChI is InChI=1S/C17H21ClN2O3/c1-2-12(9-10-21)20-16(22)7-8-17-19-11-15(23-17)13-5-3-4-6-14(13)18/h3-6,11-12,21H,2,7-10H2,1H3,(H,20,22). The summed E-state index contributed by atoms with van der Waals surface area (Å²) in [5.41, 5.74) is 0.784. The molecule has 0 saturated heterocycles. The molecule has 124 valence electrons. The summed E-state index contributed by atoms with van der Waals surface area (Å²) >= 11 is 6.13. The van der Waals surface area contributed by atoms with Crippen LogP contribution in [-0.4, -0.2) is 28.6 Å². The molecule has 0 spiro atoms. The van der Waals surface area contributed by atoms with Crippen LogP contribution in [0.2, 0.25) is 5.02 Å². The van der Waals surface area contributed by atoms with Crippen LogP contribution < -0.4 is 5.32 Å². The van der Waals surface area contributed by atoms with Crippen LogP contribution in [-0.2, 0) is 11.2 Å². The number of aromatic nitrogens is 1. The molecule has 2 aromatic rings. The Labute approximate surface area is 140 Å². The number of amides is 1. The van der Waals surface area contributed by atoms with E-state index in [0.29, 0.717) is 35.9 Å². The fourth-order valence-corrected chi connectivity index (χ4v) is 2.49. The van der Waals surface area contributed by atoms with Crippen LogP contribution >= 0.6 is 11.6 Å². The number of aryl methyl sites for hydroxylation is 1. The Morgan fingerprint density at radius 1 is 1.43 bits per heavy atom. The molecule has 0 fully saturated rings. The number of carbonyl (C=O) groups is 1. The lowest BCUT2D eigenvalue weighted by Crippen LogP contribution is -2.35. The van der Waals surface area contributed by atoms with Crippen LogP contribution in [0.25, 0.3) is 11.3 Å². The molecule has 0 aliphatic carbocycles. The zero-order valence-electron chi connectivity index (χ0n) is 13.1. The molecule has 1 unspecified atom stereocenters. The molecule has 0 saturated carbocycles. The van der Waals surface area contributed by atoms with Crippen molar-refractivity contribution in [1.29, 1.82) is 0 Å². The largest absolute Gasteiger partial charge is 0.441 e. The van der Waals surface area contributed by atoms with E-state index in [4.69, 9.17) is 21.1 Å². The van der Waals surface area contributed by atoms with Gasteiger partial charge in [-0.3, -0.25) is 4.79 Å². The molecule has 2 N–H and O–H groups in total. The van der Waals surface area contributed by atoms with Crippen molar-refractivity contribution in [1.82, 2.24) is 10.3 Å². The number of hydrogen-bond acceptors (Lipinski definition) is 4. The maximum atomic E-state index is 11.9. The van der Waals surface area contributed by atoms with Gasteiger partial charge in [0.25, 0.3) is 0 Å². The van der Waals surface area contributed by atoms with Gasteiger partial charge in [-0.1, -0.05) is 30.7 Å². The van der Waals surface area contributed by atoms with Gasteiger partial charge in [0.1, 0.15) is 0 Å². The van der Waals surface area contributed by atoms with E-state index < -0.39 is 0 Å². The van der Waals surface area contributed by atoms with Crippen molar-refractivity contribution in [2.24, 2.45) is 0 Å². The summed E-state index contributed by atoms with van der Waals surface area (Å²) in [4.78, 5) is 16.1. The molecule has 1 amide bonds. The highest BCUT2D eigenvalue weighted by Crippen LogP contribution is 2.28. The van der Waals surface area contributed by atoms with E-state index in [1.165, 1.54) is 0 Å². The lowest BCUT2D eigenvalue weighted by molar-refractivity contribution is -0.121. The summed E-state index contributed by atoms with van der Waals surface area (Å²) in [6.07, 6.45) is 3.70. The lowest BCUT2D eigenvalue weighted by Gasteiger charge is -2.15. The predicted molar refractivity (Wildman–Crippen MR) is 89.2 cm³/mol. The number of nitrogens with one attached hydrogen (secondary N) is 1. The van der Waals surface area contributed by atoms with Crippen molar-refractivity contribution < 1.29 is 14.3 Å². The minimum Gasteiger partial charge on any atom is -0.441 e. The Balaban J connectivity index is 1.90. The average Bonchev–Trinajstić information content (AvgIpc) is 3.01. The first kappa shape index (κ1) is 17.5.